The Labute approximate surface area is 254 Å². The molecule has 1 N–H and O–H groups in total. The van der Waals surface area contributed by atoms with Gasteiger partial charge in [-0.05, 0) is 88.7 Å². The predicted molar refractivity (Wildman–Crippen MR) is 167 cm³/mol. The van der Waals surface area contributed by atoms with E-state index in [4.69, 9.17) is 20.6 Å². The van der Waals surface area contributed by atoms with Gasteiger partial charge in [-0.3, -0.25) is 4.79 Å². The van der Waals surface area contributed by atoms with Crippen molar-refractivity contribution in [3.8, 4) is 22.8 Å². The van der Waals surface area contributed by atoms with E-state index in [1.54, 1.807) is 11.3 Å². The van der Waals surface area contributed by atoms with Crippen molar-refractivity contribution in [2.75, 3.05) is 59.2 Å². The van der Waals surface area contributed by atoms with Gasteiger partial charge in [0.05, 0.1) is 30.7 Å². The summed E-state index contributed by atoms with van der Waals surface area (Å²) < 4.78 is 16.3. The van der Waals surface area contributed by atoms with Gasteiger partial charge in [0.2, 0.25) is 0 Å². The van der Waals surface area contributed by atoms with Gasteiger partial charge >= 0.3 is 6.09 Å². The van der Waals surface area contributed by atoms with Crippen molar-refractivity contribution >= 4 is 23.3 Å². The number of alkyl carbamates (subject to hydrolysis) is 1. The van der Waals surface area contributed by atoms with Gasteiger partial charge < -0.3 is 29.3 Å². The van der Waals surface area contributed by atoms with E-state index >= 15 is 0 Å². The number of nitrogens with zero attached hydrogens (tertiary/aromatic N) is 2. The van der Waals surface area contributed by atoms with Crippen molar-refractivity contribution in [2.45, 2.75) is 64.5 Å². The summed E-state index contributed by atoms with van der Waals surface area (Å²) >= 11 is 1.55. The van der Waals surface area contributed by atoms with Gasteiger partial charge in [-0.1, -0.05) is 30.2 Å². The summed E-state index contributed by atoms with van der Waals surface area (Å²) in [5, 5.41) is 2.90. The molecule has 228 valence electrons. The standard InChI is InChI=1S/C33H45N3O5S/c1-6-18-39-20-21-40-19-17-35-14-11-26(12-15-35)25-7-9-27(10-8-25)29-22-24(2)30(42-29)31(37)36-16-13-28(23-36)34-32(38)41-33(3,4)5/h1,7-10,22,26,28H,11-21,23H2,2-5H3,(H,34,38)/t28-/m0/s1. The molecule has 2 aliphatic heterocycles. The number of hydrogen-bond donors (Lipinski definition) is 1. The molecule has 0 spiro atoms. The average molecular weight is 596 g/mol. The Hall–Kier alpha value is -2.90. The van der Waals surface area contributed by atoms with Gasteiger partial charge in [-0.25, -0.2) is 4.79 Å². The van der Waals surface area contributed by atoms with E-state index in [1.165, 1.54) is 5.56 Å². The first-order valence-corrected chi connectivity index (χ1v) is 15.8. The molecule has 2 aliphatic rings. The zero-order valence-corrected chi connectivity index (χ0v) is 26.3. The predicted octanol–water partition coefficient (Wildman–Crippen LogP) is 5.31. The van der Waals surface area contributed by atoms with Gasteiger partial charge in [0, 0.05) is 24.5 Å². The maximum absolute atomic E-state index is 13.4. The molecule has 1 aromatic heterocycles. The van der Waals surface area contributed by atoms with Crippen LogP contribution in [-0.4, -0.2) is 92.6 Å². The van der Waals surface area contributed by atoms with E-state index in [0.717, 1.165) is 59.8 Å². The van der Waals surface area contributed by atoms with Crippen LogP contribution >= 0.6 is 11.3 Å². The molecule has 0 bridgehead atoms. The topological polar surface area (TPSA) is 80.3 Å². The molecule has 1 aromatic carbocycles. The van der Waals surface area contributed by atoms with Crippen LogP contribution in [0.5, 0.6) is 0 Å². The second-order valence-electron chi connectivity index (χ2n) is 12.1. The number of likely N-dealkylation sites (tertiary alicyclic amines) is 2. The van der Waals surface area contributed by atoms with Crippen molar-refractivity contribution in [1.29, 1.82) is 0 Å². The highest BCUT2D eigenvalue weighted by Gasteiger charge is 2.31. The highest BCUT2D eigenvalue weighted by atomic mass is 32.1. The first kappa shape index (κ1) is 32.0. The molecule has 2 aromatic rings. The molecule has 0 saturated carbocycles. The molecule has 2 fully saturated rings. The lowest BCUT2D eigenvalue weighted by Crippen LogP contribution is -2.41. The number of terminal acetylenes is 1. The van der Waals surface area contributed by atoms with Crippen LogP contribution in [0.2, 0.25) is 0 Å². The maximum Gasteiger partial charge on any atom is 0.407 e. The van der Waals surface area contributed by atoms with Crippen LogP contribution in [0.25, 0.3) is 10.4 Å². The monoisotopic (exact) mass is 595 g/mol. The molecule has 4 rings (SSSR count). The lowest BCUT2D eigenvalue weighted by Gasteiger charge is -2.32. The summed E-state index contributed by atoms with van der Waals surface area (Å²) in [7, 11) is 0. The minimum atomic E-state index is -0.548. The van der Waals surface area contributed by atoms with Gasteiger partial charge in [0.1, 0.15) is 12.2 Å². The van der Waals surface area contributed by atoms with Gasteiger partial charge in [-0.15, -0.1) is 17.8 Å². The lowest BCUT2D eigenvalue weighted by molar-refractivity contribution is 0.0454. The van der Waals surface area contributed by atoms with Crippen LogP contribution in [0.3, 0.4) is 0 Å². The number of amides is 2. The smallest absolute Gasteiger partial charge is 0.407 e. The SMILES string of the molecule is C#CCOCCOCCN1CCC(c2ccc(-c3cc(C)c(C(=O)N4CC[C@H](NC(=O)OC(C)(C)C)C4)s3)cc2)CC1. The Balaban J connectivity index is 1.24. The second-order valence-corrected chi connectivity index (χ2v) is 13.2. The fraction of sp³-hybridized carbons (Fsp3) is 0.576. The molecule has 3 heterocycles. The Kier molecular flexibility index (Phi) is 11.4. The first-order valence-electron chi connectivity index (χ1n) is 14.9. The van der Waals surface area contributed by atoms with Crippen LogP contribution in [0, 0.1) is 19.3 Å². The number of hydrogen-bond acceptors (Lipinski definition) is 7. The average Bonchev–Trinajstić information content (AvgIpc) is 3.58. The molecule has 2 amide bonds. The van der Waals surface area contributed by atoms with Crippen molar-refractivity contribution < 1.29 is 23.8 Å². The molecule has 0 aliphatic carbocycles. The summed E-state index contributed by atoms with van der Waals surface area (Å²) in [6, 6.07) is 10.9. The number of ether oxygens (including phenoxy) is 3. The summed E-state index contributed by atoms with van der Waals surface area (Å²) in [6.45, 7) is 13.9. The molecule has 0 radical (unpaired) electrons. The minimum absolute atomic E-state index is 0.0308. The van der Waals surface area contributed by atoms with Crippen molar-refractivity contribution in [2.24, 2.45) is 0 Å². The Morgan fingerprint density at radius 3 is 2.45 bits per heavy atom. The summed E-state index contributed by atoms with van der Waals surface area (Å²) in [5.41, 5.74) is 2.96. The number of carbonyl (C=O) groups excluding carboxylic acids is 2. The first-order chi connectivity index (χ1) is 20.1. The van der Waals surface area contributed by atoms with Gasteiger partial charge in [0.25, 0.3) is 5.91 Å². The van der Waals surface area contributed by atoms with Crippen molar-refractivity contribution in [3.63, 3.8) is 0 Å². The maximum atomic E-state index is 13.4. The molecular formula is C33H45N3O5S. The number of benzene rings is 1. The molecule has 42 heavy (non-hydrogen) atoms. The number of thiophene rings is 1. The third-order valence-electron chi connectivity index (χ3n) is 7.67. The number of piperidine rings is 1. The van der Waals surface area contributed by atoms with Crippen LogP contribution in [0.15, 0.2) is 30.3 Å². The van der Waals surface area contributed by atoms with Crippen LogP contribution in [0.4, 0.5) is 4.79 Å². The lowest BCUT2D eigenvalue weighted by atomic mass is 9.89. The van der Waals surface area contributed by atoms with E-state index in [9.17, 15) is 9.59 Å². The normalized spacial score (nSPS) is 18.2. The fourth-order valence-electron chi connectivity index (χ4n) is 5.47. The van der Waals surface area contributed by atoms with E-state index in [-0.39, 0.29) is 11.9 Å². The quantitative estimate of drug-likeness (QED) is 0.280. The number of aryl methyl sites for hydroxylation is 1. The largest absolute Gasteiger partial charge is 0.444 e. The van der Waals surface area contributed by atoms with E-state index in [1.807, 2.05) is 32.6 Å². The van der Waals surface area contributed by atoms with Gasteiger partial charge in [0.15, 0.2) is 0 Å². The van der Waals surface area contributed by atoms with Gasteiger partial charge in [-0.2, -0.15) is 0 Å². The minimum Gasteiger partial charge on any atom is -0.444 e. The summed E-state index contributed by atoms with van der Waals surface area (Å²) in [5.74, 6) is 3.05. The number of rotatable bonds is 11. The van der Waals surface area contributed by atoms with E-state index in [2.05, 4.69) is 46.5 Å². The van der Waals surface area contributed by atoms with Crippen LogP contribution in [0.1, 0.15) is 66.8 Å². The molecular weight excluding hydrogens is 550 g/mol. The summed E-state index contributed by atoms with van der Waals surface area (Å²) in [6.07, 6.45) is 7.73. The second kappa shape index (κ2) is 15.0. The van der Waals surface area contributed by atoms with Crippen molar-refractivity contribution in [3.05, 3.63) is 46.3 Å². The zero-order chi connectivity index (χ0) is 30.1. The fourth-order valence-corrected chi connectivity index (χ4v) is 6.62. The molecule has 2 saturated heterocycles. The molecule has 9 heteroatoms. The van der Waals surface area contributed by atoms with E-state index in [0.29, 0.717) is 45.4 Å². The van der Waals surface area contributed by atoms with Crippen molar-refractivity contribution in [1.82, 2.24) is 15.1 Å². The van der Waals surface area contributed by atoms with Crippen LogP contribution < -0.4 is 5.32 Å². The third-order valence-corrected chi connectivity index (χ3v) is 8.95. The highest BCUT2D eigenvalue weighted by Crippen LogP contribution is 2.35. The third kappa shape index (κ3) is 9.30. The Morgan fingerprint density at radius 1 is 1.05 bits per heavy atom. The molecule has 8 nitrogen and oxygen atoms in total. The molecule has 1 atom stereocenters. The Bertz CT molecular complexity index is 1220. The van der Waals surface area contributed by atoms with E-state index < -0.39 is 11.7 Å². The number of carbonyl (C=O) groups is 2. The Morgan fingerprint density at radius 2 is 1.76 bits per heavy atom. The zero-order valence-electron chi connectivity index (χ0n) is 25.4. The molecule has 0 unspecified atom stereocenters. The summed E-state index contributed by atoms with van der Waals surface area (Å²) in [4.78, 5) is 31.7. The van der Waals surface area contributed by atoms with Crippen LogP contribution in [-0.2, 0) is 14.2 Å². The number of nitrogens with one attached hydrogen (secondary N) is 1. The highest BCUT2D eigenvalue weighted by molar-refractivity contribution is 7.17.